The summed E-state index contributed by atoms with van der Waals surface area (Å²) in [5, 5.41) is 7.47. The largest absolute Gasteiger partial charge is 0.493 e. The molecule has 3 rings (SSSR count). The fraction of sp³-hybridized carbons (Fsp3) is 0.158. The topological polar surface area (TPSA) is 64.4 Å². The van der Waals surface area contributed by atoms with Crippen LogP contribution in [0.3, 0.4) is 0 Å². The van der Waals surface area contributed by atoms with Crippen molar-refractivity contribution < 1.29 is 14.1 Å². The lowest BCUT2D eigenvalue weighted by molar-refractivity contribution is 0.0946. The zero-order chi connectivity index (χ0) is 17.6. The Kier molecular flexibility index (Phi) is 5.36. The smallest absolute Gasteiger partial charge is 0.255 e. The fourth-order valence-electron chi connectivity index (χ4n) is 2.35. The van der Waals surface area contributed by atoms with E-state index in [1.54, 1.807) is 36.4 Å². The molecule has 0 saturated carbocycles. The minimum atomic E-state index is -0.222. The number of rotatable bonds is 6. The molecule has 1 heterocycles. The summed E-state index contributed by atoms with van der Waals surface area (Å²) in [6, 6.07) is 16.2. The van der Waals surface area contributed by atoms with E-state index in [2.05, 4.69) is 10.5 Å². The normalized spacial score (nSPS) is 10.5. The number of aromatic nitrogens is 1. The van der Waals surface area contributed by atoms with Crippen molar-refractivity contribution >= 4 is 17.5 Å². The zero-order valence-corrected chi connectivity index (χ0v) is 14.4. The van der Waals surface area contributed by atoms with Crippen molar-refractivity contribution in [2.24, 2.45) is 0 Å². The molecule has 0 atom stereocenters. The van der Waals surface area contributed by atoms with Crippen LogP contribution in [0.2, 0.25) is 5.02 Å². The molecular formula is C19H17ClN2O3. The summed E-state index contributed by atoms with van der Waals surface area (Å²) >= 11 is 5.88. The number of carbonyl (C=O) groups is 1. The van der Waals surface area contributed by atoms with E-state index in [-0.39, 0.29) is 12.5 Å². The predicted molar refractivity (Wildman–Crippen MR) is 95.7 cm³/mol. The summed E-state index contributed by atoms with van der Waals surface area (Å²) in [4.78, 5) is 12.4. The van der Waals surface area contributed by atoms with Crippen LogP contribution in [0.1, 0.15) is 23.0 Å². The molecule has 6 heteroatoms. The molecule has 0 saturated heterocycles. The van der Waals surface area contributed by atoms with Gasteiger partial charge in [0, 0.05) is 16.7 Å². The summed E-state index contributed by atoms with van der Waals surface area (Å²) in [7, 11) is 0. The van der Waals surface area contributed by atoms with Crippen molar-refractivity contribution in [3.8, 4) is 17.1 Å². The Morgan fingerprint density at radius 2 is 1.96 bits per heavy atom. The Bertz CT molecular complexity index is 859. The van der Waals surface area contributed by atoms with Gasteiger partial charge in [-0.15, -0.1) is 0 Å². The zero-order valence-electron chi connectivity index (χ0n) is 13.7. The molecule has 1 amide bonds. The molecule has 0 aliphatic heterocycles. The van der Waals surface area contributed by atoms with Gasteiger partial charge in [0.25, 0.3) is 5.91 Å². The molecule has 1 aromatic heterocycles. The first-order valence-electron chi connectivity index (χ1n) is 7.89. The summed E-state index contributed by atoms with van der Waals surface area (Å²) in [6.07, 6.45) is 0. The molecule has 128 valence electrons. The van der Waals surface area contributed by atoms with Crippen LogP contribution < -0.4 is 10.1 Å². The number of ether oxygens (including phenoxy) is 1. The third-order valence-electron chi connectivity index (χ3n) is 3.55. The molecule has 0 fully saturated rings. The molecule has 0 unspecified atom stereocenters. The van der Waals surface area contributed by atoms with Crippen molar-refractivity contribution in [3.05, 3.63) is 70.9 Å². The van der Waals surface area contributed by atoms with E-state index in [1.165, 1.54) is 0 Å². The first kappa shape index (κ1) is 17.0. The third-order valence-corrected chi connectivity index (χ3v) is 3.80. The molecule has 0 spiro atoms. The van der Waals surface area contributed by atoms with Crippen molar-refractivity contribution in [1.29, 1.82) is 0 Å². The summed E-state index contributed by atoms with van der Waals surface area (Å²) in [5.41, 5.74) is 1.99. The van der Waals surface area contributed by atoms with E-state index in [9.17, 15) is 4.79 Å². The summed E-state index contributed by atoms with van der Waals surface area (Å²) < 4.78 is 10.8. The standard InChI is InChI=1S/C19H17ClN2O3/c1-2-24-17-6-4-3-5-16(17)19(23)21-12-15-11-18(25-22-15)13-7-9-14(20)10-8-13/h3-11H,2,12H2,1H3,(H,21,23). The van der Waals surface area contributed by atoms with E-state index in [0.29, 0.717) is 34.4 Å². The van der Waals surface area contributed by atoms with Gasteiger partial charge in [-0.2, -0.15) is 0 Å². The number of nitrogens with one attached hydrogen (secondary N) is 1. The number of halogens is 1. The highest BCUT2D eigenvalue weighted by atomic mass is 35.5. The summed E-state index contributed by atoms with van der Waals surface area (Å²) in [5.74, 6) is 0.959. The molecule has 1 N–H and O–H groups in total. The lowest BCUT2D eigenvalue weighted by Crippen LogP contribution is -2.23. The monoisotopic (exact) mass is 356 g/mol. The second-order valence-corrected chi connectivity index (χ2v) is 5.74. The van der Waals surface area contributed by atoms with Crippen LogP contribution in [0.15, 0.2) is 59.1 Å². The molecular weight excluding hydrogens is 340 g/mol. The number of para-hydroxylation sites is 1. The minimum absolute atomic E-state index is 0.222. The van der Waals surface area contributed by atoms with Crippen LogP contribution in [0.25, 0.3) is 11.3 Å². The number of hydrogen-bond acceptors (Lipinski definition) is 4. The van der Waals surface area contributed by atoms with Gasteiger partial charge < -0.3 is 14.6 Å². The van der Waals surface area contributed by atoms with E-state index in [4.69, 9.17) is 20.9 Å². The lowest BCUT2D eigenvalue weighted by Gasteiger charge is -2.09. The minimum Gasteiger partial charge on any atom is -0.493 e. The highest BCUT2D eigenvalue weighted by Crippen LogP contribution is 2.22. The lowest BCUT2D eigenvalue weighted by atomic mass is 10.1. The van der Waals surface area contributed by atoms with Gasteiger partial charge in [-0.1, -0.05) is 28.9 Å². The Hall–Kier alpha value is -2.79. The van der Waals surface area contributed by atoms with Gasteiger partial charge in [-0.05, 0) is 43.3 Å². The highest BCUT2D eigenvalue weighted by molar-refractivity contribution is 6.30. The molecule has 25 heavy (non-hydrogen) atoms. The van der Waals surface area contributed by atoms with E-state index in [0.717, 1.165) is 5.56 Å². The number of hydrogen-bond donors (Lipinski definition) is 1. The Morgan fingerprint density at radius 3 is 2.72 bits per heavy atom. The maximum absolute atomic E-state index is 12.4. The number of amides is 1. The van der Waals surface area contributed by atoms with Crippen molar-refractivity contribution in [3.63, 3.8) is 0 Å². The van der Waals surface area contributed by atoms with E-state index in [1.807, 2.05) is 25.1 Å². The van der Waals surface area contributed by atoms with Gasteiger partial charge in [0.05, 0.1) is 18.7 Å². The van der Waals surface area contributed by atoms with Gasteiger partial charge in [0.2, 0.25) is 0 Å². The Morgan fingerprint density at radius 1 is 1.20 bits per heavy atom. The van der Waals surface area contributed by atoms with Gasteiger partial charge in [0.15, 0.2) is 5.76 Å². The van der Waals surface area contributed by atoms with Gasteiger partial charge >= 0.3 is 0 Å². The van der Waals surface area contributed by atoms with Crippen molar-refractivity contribution in [2.75, 3.05) is 6.61 Å². The molecule has 0 aliphatic carbocycles. The maximum atomic E-state index is 12.4. The van der Waals surface area contributed by atoms with Gasteiger partial charge in [-0.3, -0.25) is 4.79 Å². The average Bonchev–Trinajstić information content (AvgIpc) is 3.10. The van der Waals surface area contributed by atoms with E-state index >= 15 is 0 Å². The van der Waals surface area contributed by atoms with Crippen molar-refractivity contribution in [1.82, 2.24) is 10.5 Å². The fourth-order valence-corrected chi connectivity index (χ4v) is 2.47. The molecule has 0 aliphatic rings. The molecule has 5 nitrogen and oxygen atoms in total. The number of carbonyl (C=O) groups excluding carboxylic acids is 1. The second-order valence-electron chi connectivity index (χ2n) is 5.30. The van der Waals surface area contributed by atoms with Crippen LogP contribution in [-0.4, -0.2) is 17.7 Å². The van der Waals surface area contributed by atoms with Crippen LogP contribution in [0, 0.1) is 0 Å². The number of nitrogens with zero attached hydrogens (tertiary/aromatic N) is 1. The summed E-state index contributed by atoms with van der Waals surface area (Å²) in [6.45, 7) is 2.64. The SMILES string of the molecule is CCOc1ccccc1C(=O)NCc1cc(-c2ccc(Cl)cc2)on1. The molecule has 0 radical (unpaired) electrons. The molecule has 0 bridgehead atoms. The first-order valence-corrected chi connectivity index (χ1v) is 8.26. The third kappa shape index (κ3) is 4.19. The number of benzene rings is 2. The van der Waals surface area contributed by atoms with E-state index < -0.39 is 0 Å². The van der Waals surface area contributed by atoms with Crippen molar-refractivity contribution in [2.45, 2.75) is 13.5 Å². The second kappa shape index (κ2) is 7.85. The quantitative estimate of drug-likeness (QED) is 0.714. The van der Waals surface area contributed by atoms with Gasteiger partial charge in [-0.25, -0.2) is 0 Å². The predicted octanol–water partition coefficient (Wildman–Crippen LogP) is 4.32. The molecule has 3 aromatic rings. The molecule has 2 aromatic carbocycles. The van der Waals surface area contributed by atoms with Crippen LogP contribution in [0.4, 0.5) is 0 Å². The average molecular weight is 357 g/mol. The van der Waals surface area contributed by atoms with Crippen LogP contribution in [-0.2, 0) is 6.54 Å². The maximum Gasteiger partial charge on any atom is 0.255 e. The highest BCUT2D eigenvalue weighted by Gasteiger charge is 2.13. The van der Waals surface area contributed by atoms with Gasteiger partial charge in [0.1, 0.15) is 11.4 Å². The Labute approximate surface area is 150 Å². The van der Waals surface area contributed by atoms with Crippen LogP contribution >= 0.6 is 11.6 Å². The first-order chi connectivity index (χ1) is 12.2. The van der Waals surface area contributed by atoms with Crippen LogP contribution in [0.5, 0.6) is 5.75 Å². The Balaban J connectivity index is 1.66.